The highest BCUT2D eigenvalue weighted by molar-refractivity contribution is 5.85. The van der Waals surface area contributed by atoms with Crippen molar-refractivity contribution in [1.29, 1.82) is 0 Å². The molecule has 1 heterocycles. The molecule has 21 heavy (non-hydrogen) atoms. The van der Waals surface area contributed by atoms with Crippen LogP contribution in [0.4, 0.5) is 13.2 Å². The van der Waals surface area contributed by atoms with Gasteiger partial charge in [0.15, 0.2) is 11.5 Å². The van der Waals surface area contributed by atoms with Crippen molar-refractivity contribution < 1.29 is 23.4 Å². The Labute approximate surface area is 132 Å². The summed E-state index contributed by atoms with van der Waals surface area (Å²) in [5.41, 5.74) is -0.0651. The van der Waals surface area contributed by atoms with Crippen LogP contribution >= 0.6 is 24.8 Å². The average Bonchev–Trinajstić information content (AvgIpc) is 2.34. The van der Waals surface area contributed by atoms with Crippen LogP contribution in [0.2, 0.25) is 0 Å². The number of phenols is 2. The molecule has 1 aliphatic heterocycles. The number of hydrogen-bond acceptors (Lipinski definition) is 4. The molecule has 0 unspecified atom stereocenters. The Kier molecular flexibility index (Phi) is 7.60. The van der Waals surface area contributed by atoms with Gasteiger partial charge >= 0.3 is 6.18 Å². The van der Waals surface area contributed by atoms with E-state index in [1.54, 1.807) is 0 Å². The van der Waals surface area contributed by atoms with Crippen LogP contribution in [0.5, 0.6) is 11.5 Å². The molecular formula is C12H17Cl2F3N2O2. The lowest BCUT2D eigenvalue weighted by atomic mass is 10.0. The fourth-order valence-corrected chi connectivity index (χ4v) is 2.26. The molecule has 9 heteroatoms. The number of nitrogens with one attached hydrogen (secondary N) is 1. The van der Waals surface area contributed by atoms with Gasteiger partial charge in [-0.25, -0.2) is 0 Å². The van der Waals surface area contributed by atoms with Gasteiger partial charge < -0.3 is 15.5 Å². The van der Waals surface area contributed by atoms with E-state index in [0.717, 1.165) is 12.1 Å². The van der Waals surface area contributed by atoms with E-state index in [0.29, 0.717) is 13.1 Å². The van der Waals surface area contributed by atoms with Crippen molar-refractivity contribution in [3.05, 3.63) is 23.8 Å². The number of aromatic hydroxyl groups is 2. The first kappa shape index (κ1) is 20.1. The zero-order valence-electron chi connectivity index (χ0n) is 10.9. The van der Waals surface area contributed by atoms with E-state index >= 15 is 0 Å². The molecule has 1 fully saturated rings. The van der Waals surface area contributed by atoms with Crippen molar-refractivity contribution in [2.75, 3.05) is 26.2 Å². The van der Waals surface area contributed by atoms with Crippen LogP contribution in [-0.2, 0) is 0 Å². The maximum atomic E-state index is 13.2. The first-order valence-corrected chi connectivity index (χ1v) is 5.93. The molecule has 1 atom stereocenters. The fraction of sp³-hybridized carbons (Fsp3) is 0.500. The van der Waals surface area contributed by atoms with Crippen LogP contribution in [0.3, 0.4) is 0 Å². The Morgan fingerprint density at radius 2 is 1.62 bits per heavy atom. The minimum Gasteiger partial charge on any atom is -0.504 e. The van der Waals surface area contributed by atoms with Crippen LogP contribution in [0.1, 0.15) is 11.6 Å². The molecule has 0 radical (unpaired) electrons. The van der Waals surface area contributed by atoms with E-state index in [9.17, 15) is 23.4 Å². The first-order chi connectivity index (χ1) is 8.89. The molecule has 0 spiro atoms. The van der Waals surface area contributed by atoms with Crippen molar-refractivity contribution in [2.24, 2.45) is 0 Å². The van der Waals surface area contributed by atoms with E-state index in [1.165, 1.54) is 11.0 Å². The summed E-state index contributed by atoms with van der Waals surface area (Å²) in [5, 5.41) is 21.5. The second-order valence-corrected chi connectivity index (χ2v) is 4.48. The second kappa shape index (κ2) is 7.93. The van der Waals surface area contributed by atoms with Crippen molar-refractivity contribution in [2.45, 2.75) is 12.2 Å². The zero-order valence-corrected chi connectivity index (χ0v) is 12.6. The monoisotopic (exact) mass is 348 g/mol. The summed E-state index contributed by atoms with van der Waals surface area (Å²) >= 11 is 0. The lowest BCUT2D eigenvalue weighted by molar-refractivity contribution is -0.187. The quantitative estimate of drug-likeness (QED) is 0.718. The number of hydrogen-bond donors (Lipinski definition) is 3. The SMILES string of the molecule is Cl.Cl.Oc1ccc([C@H](N2CCNCC2)C(F)(F)F)cc1O. The predicted octanol–water partition coefficient (Wildman–Crippen LogP) is 2.45. The molecule has 4 nitrogen and oxygen atoms in total. The Balaban J connectivity index is 0.00000200. The molecule has 1 aromatic rings. The third-order valence-electron chi connectivity index (χ3n) is 3.14. The smallest absolute Gasteiger partial charge is 0.408 e. The maximum Gasteiger partial charge on any atom is 0.408 e. The summed E-state index contributed by atoms with van der Waals surface area (Å²) in [6.07, 6.45) is -4.43. The average molecular weight is 349 g/mol. The van der Waals surface area contributed by atoms with Gasteiger partial charge in [-0.15, -0.1) is 24.8 Å². The highest BCUT2D eigenvalue weighted by Crippen LogP contribution is 2.40. The Morgan fingerprint density at radius 1 is 1.05 bits per heavy atom. The predicted molar refractivity (Wildman–Crippen MR) is 77.5 cm³/mol. The summed E-state index contributed by atoms with van der Waals surface area (Å²) in [4.78, 5) is 1.32. The third-order valence-corrected chi connectivity index (χ3v) is 3.14. The number of piperazine rings is 1. The molecule has 0 amide bonds. The van der Waals surface area contributed by atoms with E-state index in [2.05, 4.69) is 5.32 Å². The molecular weight excluding hydrogens is 332 g/mol. The minimum atomic E-state index is -4.43. The van der Waals surface area contributed by atoms with Gasteiger partial charge in [0, 0.05) is 26.2 Å². The number of halogens is 5. The van der Waals surface area contributed by atoms with Crippen molar-refractivity contribution >= 4 is 24.8 Å². The number of alkyl halides is 3. The molecule has 0 saturated carbocycles. The van der Waals surface area contributed by atoms with Gasteiger partial charge in [0.25, 0.3) is 0 Å². The van der Waals surface area contributed by atoms with Gasteiger partial charge in [-0.2, -0.15) is 13.2 Å². The highest BCUT2D eigenvalue weighted by atomic mass is 35.5. The maximum absolute atomic E-state index is 13.2. The number of benzene rings is 1. The van der Waals surface area contributed by atoms with Gasteiger partial charge in [-0.1, -0.05) is 6.07 Å². The Hall–Kier alpha value is -0.890. The van der Waals surface area contributed by atoms with Crippen LogP contribution in [0.15, 0.2) is 18.2 Å². The Morgan fingerprint density at radius 3 is 2.10 bits per heavy atom. The lowest BCUT2D eigenvalue weighted by Crippen LogP contribution is -2.49. The minimum absolute atomic E-state index is 0. The van der Waals surface area contributed by atoms with Crippen molar-refractivity contribution in [3.63, 3.8) is 0 Å². The van der Waals surface area contributed by atoms with Crippen LogP contribution in [-0.4, -0.2) is 47.5 Å². The number of nitrogens with zero attached hydrogens (tertiary/aromatic N) is 1. The molecule has 122 valence electrons. The second-order valence-electron chi connectivity index (χ2n) is 4.48. The van der Waals surface area contributed by atoms with Gasteiger partial charge in [-0.3, -0.25) is 4.90 Å². The van der Waals surface area contributed by atoms with Gasteiger partial charge in [0.2, 0.25) is 0 Å². The molecule has 3 N–H and O–H groups in total. The summed E-state index contributed by atoms with van der Waals surface area (Å²) in [7, 11) is 0. The van der Waals surface area contributed by atoms with Crippen LogP contribution in [0, 0.1) is 0 Å². The van der Waals surface area contributed by atoms with E-state index < -0.39 is 23.7 Å². The molecule has 0 bridgehead atoms. The van der Waals surface area contributed by atoms with Gasteiger partial charge in [0.05, 0.1) is 0 Å². The molecule has 0 aromatic heterocycles. The van der Waals surface area contributed by atoms with E-state index in [4.69, 9.17) is 0 Å². The van der Waals surface area contributed by atoms with Crippen LogP contribution in [0.25, 0.3) is 0 Å². The van der Waals surface area contributed by atoms with Crippen LogP contribution < -0.4 is 5.32 Å². The van der Waals surface area contributed by atoms with Gasteiger partial charge in [-0.05, 0) is 17.7 Å². The highest BCUT2D eigenvalue weighted by Gasteiger charge is 2.45. The van der Waals surface area contributed by atoms with Gasteiger partial charge in [0.1, 0.15) is 6.04 Å². The third kappa shape index (κ3) is 4.81. The van der Waals surface area contributed by atoms with E-state index in [1.807, 2.05) is 0 Å². The molecule has 2 rings (SSSR count). The summed E-state index contributed by atoms with van der Waals surface area (Å²) < 4.78 is 39.6. The first-order valence-electron chi connectivity index (χ1n) is 5.93. The van der Waals surface area contributed by atoms with Crippen molar-refractivity contribution in [1.82, 2.24) is 10.2 Å². The molecule has 1 saturated heterocycles. The number of phenolic OH excluding ortho intramolecular Hbond substituents is 2. The normalized spacial score (nSPS) is 17.5. The molecule has 0 aliphatic carbocycles. The zero-order chi connectivity index (χ0) is 14.0. The molecule has 1 aliphatic rings. The number of rotatable bonds is 2. The summed E-state index contributed by atoms with van der Waals surface area (Å²) in [6.45, 7) is 1.56. The molecule has 1 aromatic carbocycles. The standard InChI is InChI=1S/C12H15F3N2O2.2ClH/c13-12(14,15)11(17-5-3-16-4-6-17)8-1-2-9(18)10(19)7-8;;/h1-2,7,11,16,18-19H,3-6H2;2*1H/t11-;;/m0../s1. The Bertz CT molecular complexity index is 455. The fourth-order valence-electron chi connectivity index (χ4n) is 2.26. The lowest BCUT2D eigenvalue weighted by Gasteiger charge is -2.36. The summed E-state index contributed by atoms with van der Waals surface area (Å²) in [5.74, 6) is -0.966. The topological polar surface area (TPSA) is 55.7 Å². The van der Waals surface area contributed by atoms with Crippen molar-refractivity contribution in [3.8, 4) is 11.5 Å². The largest absolute Gasteiger partial charge is 0.504 e. The van der Waals surface area contributed by atoms with E-state index in [-0.39, 0.29) is 43.5 Å². The summed E-state index contributed by atoms with van der Waals surface area (Å²) in [6, 6.07) is 1.47.